The van der Waals surface area contributed by atoms with Crippen LogP contribution in [-0.2, 0) is 16.1 Å². The number of carbonyl (C=O) groups excluding carboxylic acids is 1. The van der Waals surface area contributed by atoms with Crippen LogP contribution in [0.5, 0.6) is 11.5 Å². The van der Waals surface area contributed by atoms with E-state index in [0.29, 0.717) is 28.8 Å². The Kier molecular flexibility index (Phi) is 5.43. The maximum atomic E-state index is 12.1. The van der Waals surface area contributed by atoms with Gasteiger partial charge in [-0.1, -0.05) is 12.1 Å². The molecule has 2 heterocycles. The fraction of sp³-hybridized carbons (Fsp3) is 0.333. The van der Waals surface area contributed by atoms with Crippen molar-refractivity contribution in [2.75, 3.05) is 12.3 Å². The molecule has 2 atom stereocenters. The van der Waals surface area contributed by atoms with Gasteiger partial charge in [-0.05, 0) is 11.3 Å². The van der Waals surface area contributed by atoms with Crippen molar-refractivity contribution in [2.45, 2.75) is 17.8 Å². The molecule has 1 saturated heterocycles. The Morgan fingerprint density at radius 1 is 1.44 bits per heavy atom. The van der Waals surface area contributed by atoms with Crippen molar-refractivity contribution in [2.24, 2.45) is 0 Å². The second kappa shape index (κ2) is 7.74. The number of hydrogen-bond donors (Lipinski definition) is 5. The number of nitrogens with one attached hydrogen (secondary N) is 2. The Morgan fingerprint density at radius 2 is 2.28 bits per heavy atom. The van der Waals surface area contributed by atoms with E-state index < -0.39 is 12.0 Å². The van der Waals surface area contributed by atoms with Crippen molar-refractivity contribution < 1.29 is 25.1 Å². The van der Waals surface area contributed by atoms with Crippen LogP contribution in [0.25, 0.3) is 0 Å². The fourth-order valence-electron chi connectivity index (χ4n) is 2.40. The van der Waals surface area contributed by atoms with Crippen molar-refractivity contribution in [3.05, 3.63) is 42.0 Å². The number of para-hydroxylation sites is 1. The number of hydrogen-bond acceptors (Lipinski definition) is 9. The Bertz CT molecular complexity index is 727. The molecule has 25 heavy (non-hydrogen) atoms. The first-order chi connectivity index (χ1) is 12.0. The first-order valence-electron chi connectivity index (χ1n) is 7.59. The maximum absolute atomic E-state index is 12.1. The van der Waals surface area contributed by atoms with Gasteiger partial charge in [0.15, 0.2) is 11.5 Å². The molecule has 10 heteroatoms. The van der Waals surface area contributed by atoms with Gasteiger partial charge in [-0.2, -0.15) is 0 Å². The third-order valence-corrected chi connectivity index (χ3v) is 4.93. The first kappa shape index (κ1) is 17.5. The van der Waals surface area contributed by atoms with E-state index in [-0.39, 0.29) is 23.4 Å². The Balaban J connectivity index is 1.51. The van der Waals surface area contributed by atoms with E-state index >= 15 is 0 Å². The number of nitrogens with zero attached hydrogens (tertiary/aromatic N) is 2. The summed E-state index contributed by atoms with van der Waals surface area (Å²) in [4.78, 5) is 23.9. The molecule has 1 aromatic carbocycles. The number of carbonyl (C=O) groups is 1. The molecule has 0 aliphatic carbocycles. The molecule has 1 aromatic heterocycles. The predicted molar refractivity (Wildman–Crippen MR) is 88.8 cm³/mol. The Labute approximate surface area is 147 Å². The number of thioether (sulfide) groups is 1. The predicted octanol–water partition coefficient (Wildman–Crippen LogP) is 0.917. The van der Waals surface area contributed by atoms with Gasteiger partial charge >= 0.3 is 5.97 Å². The average molecular weight is 366 g/mol. The summed E-state index contributed by atoms with van der Waals surface area (Å²) < 4.78 is 0. The van der Waals surface area contributed by atoms with Gasteiger partial charge in [-0.15, -0.1) is 11.8 Å². The minimum atomic E-state index is -0.644. The summed E-state index contributed by atoms with van der Waals surface area (Å²) >= 11 is 1.40. The van der Waals surface area contributed by atoms with Crippen LogP contribution in [0, 0.1) is 0 Å². The van der Waals surface area contributed by atoms with Gasteiger partial charge in [0.25, 0.3) is 0 Å². The molecule has 1 aliphatic heterocycles. The second-order valence-corrected chi connectivity index (χ2v) is 6.56. The van der Waals surface area contributed by atoms with Crippen molar-refractivity contribution >= 4 is 17.7 Å². The molecule has 1 aliphatic rings. The highest BCUT2D eigenvalue weighted by atomic mass is 32.2. The number of aromatic hydroxyl groups is 2. The molecule has 134 valence electrons. The van der Waals surface area contributed by atoms with Gasteiger partial charge in [-0.3, -0.25) is 10.5 Å². The molecule has 0 amide bonds. The van der Waals surface area contributed by atoms with Crippen LogP contribution >= 0.6 is 11.8 Å². The van der Waals surface area contributed by atoms with Crippen LogP contribution in [0.3, 0.4) is 0 Å². The lowest BCUT2D eigenvalue weighted by atomic mass is 10.1. The first-order valence-corrected chi connectivity index (χ1v) is 8.64. The summed E-state index contributed by atoms with van der Waals surface area (Å²) in [6.07, 6.45) is 3.66. The van der Waals surface area contributed by atoms with Crippen LogP contribution < -0.4 is 5.32 Å². The van der Waals surface area contributed by atoms with Crippen molar-refractivity contribution in [1.82, 2.24) is 20.5 Å². The lowest BCUT2D eigenvalue weighted by molar-refractivity contribution is -0.317. The number of aromatic amines is 1. The minimum absolute atomic E-state index is 0.0793. The summed E-state index contributed by atoms with van der Waals surface area (Å²) in [7, 11) is 0. The number of aromatic nitrogens is 2. The molecule has 0 spiro atoms. The Morgan fingerprint density at radius 3 is 3.04 bits per heavy atom. The normalized spacial score (nSPS) is 20.1. The van der Waals surface area contributed by atoms with Gasteiger partial charge in [0.1, 0.15) is 11.9 Å². The third-order valence-electron chi connectivity index (χ3n) is 3.69. The van der Waals surface area contributed by atoms with E-state index in [1.165, 1.54) is 17.8 Å². The third kappa shape index (κ3) is 4.23. The smallest absolute Gasteiger partial charge is 0.345 e. The summed E-state index contributed by atoms with van der Waals surface area (Å²) in [6.45, 7) is 0.0793. The van der Waals surface area contributed by atoms with Crippen LogP contribution in [0.4, 0.5) is 0 Å². The molecule has 0 saturated carbocycles. The van der Waals surface area contributed by atoms with Crippen LogP contribution in [0.1, 0.15) is 16.8 Å². The number of rotatable bonds is 6. The van der Waals surface area contributed by atoms with E-state index in [2.05, 4.69) is 15.3 Å². The van der Waals surface area contributed by atoms with Crippen LogP contribution in [0.15, 0.2) is 30.6 Å². The number of H-pyrrole nitrogens is 1. The molecule has 9 nitrogen and oxygen atoms in total. The van der Waals surface area contributed by atoms with E-state index in [1.54, 1.807) is 24.5 Å². The molecule has 2 aromatic rings. The maximum Gasteiger partial charge on any atom is 0.345 e. The highest BCUT2D eigenvalue weighted by molar-refractivity contribution is 7.99. The van der Waals surface area contributed by atoms with Crippen LogP contribution in [-0.4, -0.2) is 54.9 Å². The molecule has 0 bridgehead atoms. The summed E-state index contributed by atoms with van der Waals surface area (Å²) in [5.74, 6) is 0.0137. The molecule has 5 N–H and O–H groups in total. The lowest BCUT2D eigenvalue weighted by Gasteiger charge is -2.17. The van der Waals surface area contributed by atoms with Gasteiger partial charge in [-0.25, -0.2) is 9.78 Å². The highest BCUT2D eigenvalue weighted by Gasteiger charge is 2.34. The standard InChI is InChI=1S/C15H18N4O5S/c20-11-3-1-2-9(13(11)21)14-18-10(8-25-14)15(22)24-19(23)7-4-12-16-5-6-17-12/h1-3,5-6,10,14,18,20-21,23H,4,7-8H2,(H,16,17). The molecule has 0 radical (unpaired) electrons. The van der Waals surface area contributed by atoms with E-state index in [4.69, 9.17) is 4.84 Å². The fourth-order valence-corrected chi connectivity index (χ4v) is 3.64. The van der Waals surface area contributed by atoms with Crippen molar-refractivity contribution in [3.8, 4) is 11.5 Å². The number of imidazole rings is 1. The topological polar surface area (TPSA) is 131 Å². The minimum Gasteiger partial charge on any atom is -0.504 e. The largest absolute Gasteiger partial charge is 0.504 e. The molecular formula is C15H18N4O5S. The van der Waals surface area contributed by atoms with Gasteiger partial charge in [0.05, 0.1) is 11.9 Å². The van der Waals surface area contributed by atoms with Gasteiger partial charge < -0.3 is 20.0 Å². The highest BCUT2D eigenvalue weighted by Crippen LogP contribution is 2.40. The monoisotopic (exact) mass is 366 g/mol. The van der Waals surface area contributed by atoms with Crippen LogP contribution in [0.2, 0.25) is 0 Å². The van der Waals surface area contributed by atoms with E-state index in [1.807, 2.05) is 0 Å². The number of hydroxylamine groups is 2. The zero-order valence-corrected chi connectivity index (χ0v) is 13.9. The quantitative estimate of drug-likeness (QED) is 0.374. The zero-order valence-electron chi connectivity index (χ0n) is 13.1. The summed E-state index contributed by atoms with van der Waals surface area (Å²) in [5, 5.41) is 32.3. The number of phenolic OH excluding ortho intramolecular Hbond substituents is 2. The summed E-state index contributed by atoms with van der Waals surface area (Å²) in [6, 6.07) is 4.01. The molecule has 3 rings (SSSR count). The molecule has 1 fully saturated rings. The average Bonchev–Trinajstić information content (AvgIpc) is 3.27. The molecular weight excluding hydrogens is 348 g/mol. The SMILES string of the molecule is O=C(ON(O)CCc1ncc[nH]1)C1CSC(c2cccc(O)c2O)N1. The lowest BCUT2D eigenvalue weighted by Crippen LogP contribution is -2.39. The Hall–Kier alpha value is -2.27. The van der Waals surface area contributed by atoms with Gasteiger partial charge in [0, 0.05) is 30.1 Å². The van der Waals surface area contributed by atoms with Crippen molar-refractivity contribution in [3.63, 3.8) is 0 Å². The number of phenols is 2. The number of benzene rings is 1. The zero-order chi connectivity index (χ0) is 17.8. The molecule has 2 unspecified atom stereocenters. The second-order valence-electron chi connectivity index (χ2n) is 5.42. The van der Waals surface area contributed by atoms with Gasteiger partial charge in [0.2, 0.25) is 0 Å². The van der Waals surface area contributed by atoms with E-state index in [9.17, 15) is 20.2 Å². The van der Waals surface area contributed by atoms with E-state index in [0.717, 1.165) is 0 Å². The van der Waals surface area contributed by atoms with Crippen molar-refractivity contribution in [1.29, 1.82) is 0 Å². The summed E-state index contributed by atoms with van der Waals surface area (Å²) in [5.41, 5.74) is 0.485.